The summed E-state index contributed by atoms with van der Waals surface area (Å²) >= 11 is 0. The number of sulfone groups is 1. The van der Waals surface area contributed by atoms with Gasteiger partial charge in [0, 0.05) is 12.2 Å². The number of rotatable bonds is 2. The van der Waals surface area contributed by atoms with Crippen LogP contribution in [0.1, 0.15) is 35.9 Å². The van der Waals surface area contributed by atoms with Gasteiger partial charge in [-0.3, -0.25) is 5.10 Å². The summed E-state index contributed by atoms with van der Waals surface area (Å²) in [5.41, 5.74) is 6.84. The molecule has 1 aromatic heterocycles. The Bertz CT molecular complexity index is 438. The number of hydrogen-bond acceptors (Lipinski definition) is 4. The van der Waals surface area contributed by atoms with Gasteiger partial charge in [-0.1, -0.05) is 6.42 Å². The van der Waals surface area contributed by atoms with Gasteiger partial charge in [0.05, 0.1) is 11.4 Å². The summed E-state index contributed by atoms with van der Waals surface area (Å²) in [6.07, 6.45) is 2.40. The van der Waals surface area contributed by atoms with Gasteiger partial charge in [-0.25, -0.2) is 8.42 Å². The number of nitrogens with zero attached hydrogens (tertiary/aromatic N) is 1. The Morgan fingerprint density at radius 2 is 2.33 bits per heavy atom. The molecule has 1 aliphatic heterocycles. The van der Waals surface area contributed by atoms with Crippen molar-refractivity contribution in [3.8, 4) is 0 Å². The van der Waals surface area contributed by atoms with Crippen molar-refractivity contribution in [1.82, 2.24) is 10.2 Å². The van der Waals surface area contributed by atoms with Crippen LogP contribution in [0.25, 0.3) is 0 Å². The fourth-order valence-corrected chi connectivity index (χ4v) is 3.84. The molecule has 1 saturated heterocycles. The van der Waals surface area contributed by atoms with E-state index in [1.165, 1.54) is 0 Å². The Kier molecular flexibility index (Phi) is 2.79. The second-order valence-corrected chi connectivity index (χ2v) is 6.18. The van der Waals surface area contributed by atoms with E-state index < -0.39 is 15.1 Å². The van der Waals surface area contributed by atoms with E-state index in [0.29, 0.717) is 18.7 Å². The summed E-state index contributed by atoms with van der Waals surface area (Å²) < 4.78 is 23.6. The first-order chi connectivity index (χ1) is 7.13. The number of aromatic nitrogens is 2. The molecule has 0 radical (unpaired) electrons. The van der Waals surface area contributed by atoms with E-state index in [9.17, 15) is 8.42 Å². The van der Waals surface area contributed by atoms with E-state index >= 15 is 0 Å². The minimum Gasteiger partial charge on any atom is -0.325 e. The van der Waals surface area contributed by atoms with Crippen LogP contribution in [0, 0.1) is 0 Å². The molecule has 1 atom stereocenters. The lowest BCUT2D eigenvalue weighted by atomic mass is 10.1. The van der Waals surface area contributed by atoms with Crippen LogP contribution in [0.15, 0.2) is 6.07 Å². The second kappa shape index (κ2) is 3.94. The molecule has 0 saturated carbocycles. The third kappa shape index (κ3) is 2.05. The lowest BCUT2D eigenvalue weighted by Gasteiger charge is -2.20. The number of nitrogens with one attached hydrogen (secondary N) is 1. The van der Waals surface area contributed by atoms with Crippen molar-refractivity contribution < 1.29 is 8.42 Å². The van der Waals surface area contributed by atoms with Crippen LogP contribution in [-0.4, -0.2) is 24.4 Å². The Labute approximate surface area is 89.0 Å². The van der Waals surface area contributed by atoms with Crippen molar-refractivity contribution in [1.29, 1.82) is 0 Å². The molecule has 2 rings (SSSR count). The molecule has 0 spiro atoms. The van der Waals surface area contributed by atoms with Gasteiger partial charge in [-0.05, 0) is 18.9 Å². The van der Waals surface area contributed by atoms with Crippen LogP contribution in [-0.2, 0) is 16.4 Å². The van der Waals surface area contributed by atoms with E-state index in [4.69, 9.17) is 5.73 Å². The lowest BCUT2D eigenvalue weighted by Crippen LogP contribution is -2.21. The fraction of sp³-hybridized carbons (Fsp3) is 0.667. The maximum Gasteiger partial charge on any atom is 0.158 e. The molecule has 2 heterocycles. The van der Waals surface area contributed by atoms with E-state index in [1.807, 2.05) is 0 Å². The van der Waals surface area contributed by atoms with Crippen molar-refractivity contribution in [3.05, 3.63) is 17.5 Å². The Morgan fingerprint density at radius 3 is 2.93 bits per heavy atom. The minimum absolute atomic E-state index is 0.280. The summed E-state index contributed by atoms with van der Waals surface area (Å²) in [5, 5.41) is 6.35. The molecule has 0 bridgehead atoms. The zero-order valence-corrected chi connectivity index (χ0v) is 9.26. The molecule has 6 heteroatoms. The van der Waals surface area contributed by atoms with Crippen LogP contribution in [0.2, 0.25) is 0 Å². The molecule has 15 heavy (non-hydrogen) atoms. The number of hydrogen-bond donors (Lipinski definition) is 2. The summed E-state index contributed by atoms with van der Waals surface area (Å²) in [7, 11) is -2.99. The number of aromatic amines is 1. The van der Waals surface area contributed by atoms with E-state index in [1.54, 1.807) is 6.07 Å². The molecule has 84 valence electrons. The molecule has 0 aliphatic carbocycles. The van der Waals surface area contributed by atoms with Crippen molar-refractivity contribution in [3.63, 3.8) is 0 Å². The molecule has 3 N–H and O–H groups in total. The summed E-state index contributed by atoms with van der Waals surface area (Å²) in [6.45, 7) is 0.361. The average Bonchev–Trinajstić information content (AvgIpc) is 2.65. The predicted molar refractivity (Wildman–Crippen MR) is 56.9 cm³/mol. The molecular formula is C9H15N3O2S. The van der Waals surface area contributed by atoms with E-state index in [-0.39, 0.29) is 5.75 Å². The molecule has 1 aromatic rings. The maximum absolute atomic E-state index is 11.8. The SMILES string of the molecule is NCc1cc(C2CCCCS2(=O)=O)n[nH]1. The number of H-pyrrole nitrogens is 1. The maximum atomic E-state index is 11.8. The summed E-state index contributed by atoms with van der Waals surface area (Å²) in [4.78, 5) is 0. The molecule has 1 fully saturated rings. The Hall–Kier alpha value is -0.880. The number of nitrogens with two attached hydrogens (primary N) is 1. The Morgan fingerprint density at radius 1 is 1.53 bits per heavy atom. The van der Waals surface area contributed by atoms with Gasteiger partial charge < -0.3 is 5.73 Å². The van der Waals surface area contributed by atoms with E-state index in [2.05, 4.69) is 10.2 Å². The Balaban J connectivity index is 2.29. The molecular weight excluding hydrogens is 214 g/mol. The first-order valence-electron chi connectivity index (χ1n) is 5.09. The highest BCUT2D eigenvalue weighted by atomic mass is 32.2. The molecule has 1 unspecified atom stereocenters. The first kappa shape index (κ1) is 10.6. The van der Waals surface area contributed by atoms with Crippen LogP contribution in [0.3, 0.4) is 0 Å². The minimum atomic E-state index is -2.99. The highest BCUT2D eigenvalue weighted by Crippen LogP contribution is 2.32. The van der Waals surface area contributed by atoms with Gasteiger partial charge in [-0.2, -0.15) is 5.10 Å². The third-order valence-corrected chi connectivity index (χ3v) is 4.98. The second-order valence-electron chi connectivity index (χ2n) is 3.87. The molecule has 5 nitrogen and oxygen atoms in total. The van der Waals surface area contributed by atoms with Crippen molar-refractivity contribution in [2.45, 2.75) is 31.1 Å². The lowest BCUT2D eigenvalue weighted by molar-refractivity contribution is 0.542. The van der Waals surface area contributed by atoms with Gasteiger partial charge >= 0.3 is 0 Å². The third-order valence-electron chi connectivity index (χ3n) is 2.78. The quantitative estimate of drug-likeness (QED) is 0.773. The first-order valence-corrected chi connectivity index (χ1v) is 6.81. The summed E-state index contributed by atoms with van der Waals surface area (Å²) in [6, 6.07) is 1.76. The smallest absolute Gasteiger partial charge is 0.158 e. The molecule has 0 aromatic carbocycles. The summed E-state index contributed by atoms with van der Waals surface area (Å²) in [5.74, 6) is 0.280. The highest BCUT2D eigenvalue weighted by molar-refractivity contribution is 7.91. The average molecular weight is 229 g/mol. The van der Waals surface area contributed by atoms with Crippen LogP contribution in [0.4, 0.5) is 0 Å². The van der Waals surface area contributed by atoms with Gasteiger partial charge in [-0.15, -0.1) is 0 Å². The zero-order chi connectivity index (χ0) is 10.9. The van der Waals surface area contributed by atoms with Crippen molar-refractivity contribution >= 4 is 9.84 Å². The topological polar surface area (TPSA) is 88.8 Å². The van der Waals surface area contributed by atoms with Gasteiger partial charge in [0.15, 0.2) is 9.84 Å². The fourth-order valence-electron chi connectivity index (χ4n) is 1.94. The predicted octanol–water partition coefficient (Wildman–Crippen LogP) is 0.508. The van der Waals surface area contributed by atoms with Crippen molar-refractivity contribution in [2.24, 2.45) is 5.73 Å². The monoisotopic (exact) mass is 229 g/mol. The standard InChI is InChI=1S/C9H15N3O2S/c10-6-7-5-8(12-11-7)9-3-1-2-4-15(9,13)14/h5,9H,1-4,6,10H2,(H,11,12). The van der Waals surface area contributed by atoms with Crippen molar-refractivity contribution in [2.75, 3.05) is 5.75 Å². The zero-order valence-electron chi connectivity index (χ0n) is 8.44. The normalized spacial score (nSPS) is 25.3. The largest absolute Gasteiger partial charge is 0.325 e. The van der Waals surface area contributed by atoms with Gasteiger partial charge in [0.1, 0.15) is 5.25 Å². The molecule has 0 amide bonds. The van der Waals surface area contributed by atoms with E-state index in [0.717, 1.165) is 18.5 Å². The van der Waals surface area contributed by atoms with Gasteiger partial charge in [0.25, 0.3) is 0 Å². The van der Waals surface area contributed by atoms with Gasteiger partial charge in [0.2, 0.25) is 0 Å². The highest BCUT2D eigenvalue weighted by Gasteiger charge is 2.31. The van der Waals surface area contributed by atoms with Crippen LogP contribution >= 0.6 is 0 Å². The van der Waals surface area contributed by atoms with Crippen LogP contribution in [0.5, 0.6) is 0 Å². The van der Waals surface area contributed by atoms with Crippen LogP contribution < -0.4 is 5.73 Å². The molecule has 1 aliphatic rings.